The van der Waals surface area contributed by atoms with Gasteiger partial charge in [-0.2, -0.15) is 0 Å². The van der Waals surface area contributed by atoms with Crippen LogP contribution in [0.15, 0.2) is 105 Å². The number of rotatable bonds is 20. The van der Waals surface area contributed by atoms with E-state index in [1.807, 2.05) is 25.1 Å². The summed E-state index contributed by atoms with van der Waals surface area (Å²) in [5, 5.41) is -0.593. The van der Waals surface area contributed by atoms with Gasteiger partial charge in [0.05, 0.1) is 29.3 Å². The van der Waals surface area contributed by atoms with E-state index in [-0.39, 0.29) is 0 Å². The molecule has 0 spiro atoms. The molecule has 0 radical (unpaired) electrons. The molecule has 0 N–H and O–H groups in total. The van der Waals surface area contributed by atoms with Gasteiger partial charge in [0, 0.05) is 0 Å². The van der Waals surface area contributed by atoms with Crippen molar-refractivity contribution < 1.29 is 17.3 Å². The Hall–Kier alpha value is -2.41. The Labute approximate surface area is 283 Å². The third-order valence-corrected chi connectivity index (χ3v) is 17.4. The van der Waals surface area contributed by atoms with Crippen molar-refractivity contribution in [2.45, 2.75) is 141 Å². The minimum Gasteiger partial charge on any atom is -0.472 e. The van der Waals surface area contributed by atoms with Crippen LogP contribution in [0.2, 0.25) is 16.6 Å². The lowest BCUT2D eigenvalue weighted by Gasteiger charge is -2.42. The van der Waals surface area contributed by atoms with Gasteiger partial charge in [0.2, 0.25) is 8.32 Å². The lowest BCUT2D eigenvalue weighted by molar-refractivity contribution is 0.307. The van der Waals surface area contributed by atoms with E-state index in [2.05, 4.69) is 80.5 Å². The van der Waals surface area contributed by atoms with E-state index in [0.717, 1.165) is 61.8 Å². The zero-order chi connectivity index (χ0) is 34.3. The van der Waals surface area contributed by atoms with Crippen LogP contribution in [0.5, 0.6) is 0 Å². The monoisotopic (exact) mass is 666 g/mol. The highest BCUT2D eigenvalue weighted by Gasteiger charge is 2.44. The molecule has 0 aliphatic carbocycles. The topological polar surface area (TPSA) is 56.5 Å². The molecule has 0 aliphatic heterocycles. The van der Waals surface area contributed by atoms with Crippen molar-refractivity contribution in [2.24, 2.45) is 0 Å². The maximum atomic E-state index is 13.7. The van der Waals surface area contributed by atoms with Crippen LogP contribution in [-0.4, -0.2) is 28.6 Å². The number of hydrogen-bond acceptors (Lipinski definition) is 4. The summed E-state index contributed by atoms with van der Waals surface area (Å²) in [5.74, 6) is 0. The van der Waals surface area contributed by atoms with Gasteiger partial charge in [-0.1, -0.05) is 106 Å². The predicted octanol–water partition coefficient (Wildman–Crippen LogP) is 12.0. The van der Waals surface area contributed by atoms with Crippen molar-refractivity contribution in [2.75, 3.05) is 6.61 Å². The molecule has 256 valence electrons. The van der Waals surface area contributed by atoms with Crippen LogP contribution < -0.4 is 0 Å². The maximum Gasteiger partial charge on any atom is 0.200 e. The van der Waals surface area contributed by atoms with E-state index < -0.39 is 23.4 Å². The molecule has 0 saturated carbocycles. The zero-order valence-corrected chi connectivity index (χ0v) is 32.3. The summed E-state index contributed by atoms with van der Waals surface area (Å²) in [6.45, 7) is 23.3. The highest BCUT2D eigenvalue weighted by Crippen LogP contribution is 2.42. The average molecular weight is 667 g/mol. The molecule has 6 heteroatoms. The molecule has 4 nitrogen and oxygen atoms in total. The van der Waals surface area contributed by atoms with Gasteiger partial charge in [0.15, 0.2) is 9.84 Å². The Morgan fingerprint density at radius 2 is 1.33 bits per heavy atom. The van der Waals surface area contributed by atoms with Crippen molar-refractivity contribution in [1.29, 1.82) is 0 Å². The number of furan rings is 1. The van der Waals surface area contributed by atoms with E-state index in [4.69, 9.17) is 8.84 Å². The minimum atomic E-state index is -3.51. The summed E-state index contributed by atoms with van der Waals surface area (Å²) < 4.78 is 39.4. The van der Waals surface area contributed by atoms with E-state index >= 15 is 0 Å². The highest BCUT2D eigenvalue weighted by molar-refractivity contribution is 7.92. The van der Waals surface area contributed by atoms with Crippen molar-refractivity contribution in [1.82, 2.24) is 0 Å². The standard InChI is InChI=1S/C40H62O4SSi/c1-31(2)46(32(3)4,33(5)6)44-29-37(10)21-15-18-34(7)17-14-19-35(8)27-40(45(41,42)39-23-12-11-13-24-39)28-36(9)20-16-22-38-25-26-43-30-38/h11-13,17,20-21,23-27,30-33,40H,14-16,18-19,22,28-29H2,1-10H3/b34-17+,35-27+,36-20+,37-21+. The second kappa shape index (κ2) is 19.4. The third-order valence-electron chi connectivity index (χ3n) is 9.29. The van der Waals surface area contributed by atoms with E-state index in [0.29, 0.717) is 27.9 Å². The summed E-state index contributed by atoms with van der Waals surface area (Å²) in [5.41, 5.74) is 7.83. The zero-order valence-electron chi connectivity index (χ0n) is 30.4. The highest BCUT2D eigenvalue weighted by atomic mass is 32.2. The van der Waals surface area contributed by atoms with E-state index in [9.17, 15) is 8.42 Å². The fraction of sp³-hybridized carbons (Fsp3) is 0.550. The lowest BCUT2D eigenvalue weighted by atomic mass is 10.0. The molecule has 1 unspecified atom stereocenters. The van der Waals surface area contributed by atoms with Gasteiger partial charge in [-0.25, -0.2) is 8.42 Å². The molecule has 0 saturated heterocycles. The first-order valence-electron chi connectivity index (χ1n) is 17.3. The van der Waals surface area contributed by atoms with Crippen LogP contribution in [0.4, 0.5) is 0 Å². The van der Waals surface area contributed by atoms with Crippen molar-refractivity contribution in [3.05, 3.63) is 101 Å². The molecule has 1 atom stereocenters. The molecular weight excluding hydrogens is 605 g/mol. The molecule has 46 heavy (non-hydrogen) atoms. The summed E-state index contributed by atoms with van der Waals surface area (Å²) in [4.78, 5) is 0.380. The molecule has 0 amide bonds. The molecule has 1 aromatic heterocycles. The molecule has 1 heterocycles. The van der Waals surface area contributed by atoms with Crippen LogP contribution in [0, 0.1) is 0 Å². The van der Waals surface area contributed by atoms with Gasteiger partial charge in [-0.3, -0.25) is 0 Å². The van der Waals surface area contributed by atoms with Crippen molar-refractivity contribution in [3.8, 4) is 0 Å². The molecular formula is C40H62O4SSi. The summed E-state index contributed by atoms with van der Waals surface area (Å²) in [6.07, 6.45) is 18.3. The second-order valence-electron chi connectivity index (χ2n) is 14.1. The Kier molecular flexibility index (Phi) is 16.8. The van der Waals surface area contributed by atoms with Crippen LogP contribution in [-0.2, 0) is 20.7 Å². The number of allylic oxidation sites excluding steroid dienone is 6. The number of sulfone groups is 1. The number of aryl methyl sites for hydroxylation is 1. The third kappa shape index (κ3) is 12.3. The number of hydrogen-bond donors (Lipinski definition) is 0. The minimum absolute atomic E-state index is 0.380. The first kappa shape index (κ1) is 39.8. The Morgan fingerprint density at radius 3 is 1.89 bits per heavy atom. The molecule has 0 aliphatic rings. The molecule has 0 fully saturated rings. The largest absolute Gasteiger partial charge is 0.472 e. The summed E-state index contributed by atoms with van der Waals surface area (Å²) in [7, 11) is -5.36. The predicted molar refractivity (Wildman–Crippen MR) is 200 cm³/mol. The normalized spacial score (nSPS) is 15.0. The van der Waals surface area contributed by atoms with Crippen LogP contribution >= 0.6 is 0 Å². The molecule has 2 rings (SSSR count). The quantitative estimate of drug-likeness (QED) is 0.104. The fourth-order valence-corrected chi connectivity index (χ4v) is 14.0. The SMILES string of the molecule is C/C(=C\CC/C(C)=C/C(C/C(C)=C/CCc1ccoc1)S(=O)(=O)c1ccccc1)CC/C=C(\C)CO[Si](C(C)C)(C(C)C)C(C)C. The second-order valence-corrected chi connectivity index (χ2v) is 21.7. The van der Waals surface area contributed by atoms with Gasteiger partial charge >= 0.3 is 0 Å². The Bertz CT molecular complexity index is 1370. The average Bonchev–Trinajstić information content (AvgIpc) is 3.50. The Morgan fingerprint density at radius 1 is 0.761 bits per heavy atom. The van der Waals surface area contributed by atoms with E-state index in [1.165, 1.54) is 11.1 Å². The summed E-state index contributed by atoms with van der Waals surface area (Å²) >= 11 is 0. The smallest absolute Gasteiger partial charge is 0.200 e. The molecule has 2 aromatic rings. The lowest BCUT2D eigenvalue weighted by Crippen LogP contribution is -2.48. The Balaban J connectivity index is 2.00. The van der Waals surface area contributed by atoms with Crippen LogP contribution in [0.25, 0.3) is 0 Å². The van der Waals surface area contributed by atoms with E-state index in [1.54, 1.807) is 36.8 Å². The first-order valence-corrected chi connectivity index (χ1v) is 21.0. The van der Waals surface area contributed by atoms with Gasteiger partial charge in [0.1, 0.15) is 0 Å². The van der Waals surface area contributed by atoms with Gasteiger partial charge < -0.3 is 8.84 Å². The summed E-state index contributed by atoms with van der Waals surface area (Å²) in [6, 6.07) is 10.8. The fourth-order valence-electron chi connectivity index (χ4n) is 6.76. The van der Waals surface area contributed by atoms with Gasteiger partial charge in [-0.05, 0) is 113 Å². The molecule has 1 aromatic carbocycles. The maximum absolute atomic E-state index is 13.7. The first-order chi connectivity index (χ1) is 21.7. The van der Waals surface area contributed by atoms with Crippen LogP contribution in [0.3, 0.4) is 0 Å². The molecule has 0 bridgehead atoms. The van der Waals surface area contributed by atoms with Crippen molar-refractivity contribution in [3.63, 3.8) is 0 Å². The van der Waals surface area contributed by atoms with Gasteiger partial charge in [-0.15, -0.1) is 0 Å². The van der Waals surface area contributed by atoms with Crippen LogP contribution in [0.1, 0.15) is 113 Å². The van der Waals surface area contributed by atoms with Gasteiger partial charge in [0.25, 0.3) is 0 Å². The van der Waals surface area contributed by atoms with Crippen molar-refractivity contribution >= 4 is 18.2 Å². The number of benzene rings is 1.